The summed E-state index contributed by atoms with van der Waals surface area (Å²) in [7, 11) is 0. The van der Waals surface area contributed by atoms with Gasteiger partial charge in [-0.15, -0.1) is 6.61 Å². The van der Waals surface area contributed by atoms with Crippen molar-refractivity contribution in [3.8, 4) is 0 Å². The molecule has 0 aliphatic heterocycles. The lowest BCUT2D eigenvalue weighted by Crippen LogP contribution is -2.40. The van der Waals surface area contributed by atoms with Crippen LogP contribution in [0.25, 0.3) is 0 Å². The minimum atomic E-state index is -0.0382. The topological polar surface area (TPSA) is 31.9 Å². The van der Waals surface area contributed by atoms with Gasteiger partial charge in [-0.05, 0) is 27.7 Å². The lowest BCUT2D eigenvalue weighted by atomic mass is 10.3. The van der Waals surface area contributed by atoms with Gasteiger partial charge in [-0.3, -0.25) is 0 Å². The van der Waals surface area contributed by atoms with Crippen LogP contribution in [-0.2, 0) is 6.42 Å². The normalized spacial score (nSPS) is 11.6. The molecule has 0 unspecified atom stereocenters. The molecule has 1 rings (SSSR count). The zero-order valence-electron chi connectivity index (χ0n) is 9.53. The second kappa shape index (κ2) is 4.60. The molecule has 1 aromatic rings. The highest BCUT2D eigenvalue weighted by Gasteiger charge is 2.19. The van der Waals surface area contributed by atoms with Gasteiger partial charge in [-0.1, -0.05) is 0 Å². The van der Waals surface area contributed by atoms with E-state index >= 15 is 0 Å². The first-order chi connectivity index (χ1) is 6.57. The summed E-state index contributed by atoms with van der Waals surface area (Å²) in [6.07, 6.45) is 4.74. The molecular formula is C11H20N2O. The Labute approximate surface area is 86.0 Å². The molecule has 0 saturated heterocycles. The van der Waals surface area contributed by atoms with Crippen LogP contribution >= 0.6 is 0 Å². The fourth-order valence-corrected chi connectivity index (χ4v) is 1.74. The van der Waals surface area contributed by atoms with E-state index in [2.05, 4.69) is 49.2 Å². The Kier molecular flexibility index (Phi) is 3.69. The van der Waals surface area contributed by atoms with E-state index in [1.165, 1.54) is 0 Å². The van der Waals surface area contributed by atoms with Crippen molar-refractivity contribution in [2.24, 2.45) is 0 Å². The number of hydrogen-bond donors (Lipinski definition) is 0. The number of rotatable bonds is 4. The fraction of sp³-hybridized carbons (Fsp3) is 0.727. The molecule has 0 spiro atoms. The summed E-state index contributed by atoms with van der Waals surface area (Å²) in [4.78, 5) is 0. The molecule has 1 heterocycles. The van der Waals surface area contributed by atoms with Gasteiger partial charge in [-0.25, -0.2) is 9.13 Å². The van der Waals surface area contributed by atoms with E-state index in [0.29, 0.717) is 18.5 Å². The van der Waals surface area contributed by atoms with Crippen LogP contribution in [0.15, 0.2) is 12.4 Å². The van der Waals surface area contributed by atoms with Gasteiger partial charge in [-0.2, -0.15) is 0 Å². The van der Waals surface area contributed by atoms with Crippen molar-refractivity contribution in [2.75, 3.05) is 6.61 Å². The van der Waals surface area contributed by atoms with Crippen molar-refractivity contribution >= 4 is 0 Å². The summed E-state index contributed by atoms with van der Waals surface area (Å²) < 4.78 is 4.36. The molecule has 0 aromatic carbocycles. The molecule has 0 fully saturated rings. The molecule has 0 radical (unpaired) electrons. The predicted molar refractivity (Wildman–Crippen MR) is 54.0 cm³/mol. The van der Waals surface area contributed by atoms with Crippen molar-refractivity contribution in [3.63, 3.8) is 0 Å². The van der Waals surface area contributed by atoms with Crippen molar-refractivity contribution in [1.29, 1.82) is 0 Å². The van der Waals surface area contributed by atoms with Crippen molar-refractivity contribution in [3.05, 3.63) is 18.2 Å². The van der Waals surface area contributed by atoms with Crippen LogP contribution in [0.2, 0.25) is 0 Å². The minimum absolute atomic E-state index is 0.0382. The van der Waals surface area contributed by atoms with Crippen molar-refractivity contribution in [1.82, 2.24) is 4.57 Å². The SMILES string of the molecule is CC(C)n1cc[n+](C(C)C)c1CC[O-]. The smallest absolute Gasteiger partial charge is 0.255 e. The Hall–Kier alpha value is -0.830. The van der Waals surface area contributed by atoms with E-state index in [4.69, 9.17) is 0 Å². The molecule has 14 heavy (non-hydrogen) atoms. The second-order valence-corrected chi connectivity index (χ2v) is 4.17. The summed E-state index contributed by atoms with van der Waals surface area (Å²) in [6, 6.07) is 0.855. The van der Waals surface area contributed by atoms with Gasteiger partial charge in [0.15, 0.2) is 0 Å². The lowest BCUT2D eigenvalue weighted by molar-refractivity contribution is -0.723. The summed E-state index contributed by atoms with van der Waals surface area (Å²) in [5.74, 6) is 1.14. The third kappa shape index (κ3) is 2.15. The zero-order chi connectivity index (χ0) is 10.7. The molecule has 0 bridgehead atoms. The van der Waals surface area contributed by atoms with Gasteiger partial charge in [0.05, 0.1) is 12.1 Å². The molecule has 0 aliphatic rings. The summed E-state index contributed by atoms with van der Waals surface area (Å²) in [5, 5.41) is 10.7. The largest absolute Gasteiger partial charge is 0.854 e. The van der Waals surface area contributed by atoms with Gasteiger partial charge in [0.25, 0.3) is 5.82 Å². The van der Waals surface area contributed by atoms with Crippen LogP contribution in [0.4, 0.5) is 0 Å². The zero-order valence-corrected chi connectivity index (χ0v) is 9.53. The number of aromatic nitrogens is 2. The van der Waals surface area contributed by atoms with Gasteiger partial charge in [0.1, 0.15) is 12.4 Å². The third-order valence-electron chi connectivity index (χ3n) is 2.42. The average molecular weight is 196 g/mol. The highest BCUT2D eigenvalue weighted by atomic mass is 16.3. The van der Waals surface area contributed by atoms with Crippen LogP contribution in [-0.4, -0.2) is 11.2 Å². The molecule has 0 aliphatic carbocycles. The van der Waals surface area contributed by atoms with Crippen LogP contribution in [0.3, 0.4) is 0 Å². The molecule has 80 valence electrons. The summed E-state index contributed by atoms with van der Waals surface area (Å²) in [5.41, 5.74) is 0. The van der Waals surface area contributed by atoms with Crippen molar-refractivity contribution in [2.45, 2.75) is 46.2 Å². The maximum atomic E-state index is 10.7. The maximum absolute atomic E-state index is 10.7. The van der Waals surface area contributed by atoms with Gasteiger partial charge < -0.3 is 5.11 Å². The first-order valence-electron chi connectivity index (χ1n) is 5.26. The first kappa shape index (κ1) is 11.2. The van der Waals surface area contributed by atoms with Crippen LogP contribution < -0.4 is 9.67 Å². The van der Waals surface area contributed by atoms with Crippen LogP contribution in [0.5, 0.6) is 0 Å². The Morgan fingerprint density at radius 1 is 1.36 bits per heavy atom. The van der Waals surface area contributed by atoms with E-state index in [-0.39, 0.29) is 6.61 Å². The Balaban J connectivity index is 3.06. The molecule has 3 nitrogen and oxygen atoms in total. The molecular weight excluding hydrogens is 176 g/mol. The second-order valence-electron chi connectivity index (χ2n) is 4.17. The summed E-state index contributed by atoms with van der Waals surface area (Å²) >= 11 is 0. The molecule has 1 aromatic heterocycles. The Bertz CT molecular complexity index is 264. The standard InChI is InChI=1S/C11H20N2O/c1-9(2)12-6-7-13(10(3)4)11(12)5-8-14/h6-7,9-10H,5,8H2,1-4H3. The number of nitrogens with zero attached hydrogens (tertiary/aromatic N) is 2. The molecule has 0 amide bonds. The fourth-order valence-electron chi connectivity index (χ4n) is 1.74. The molecule has 3 heteroatoms. The lowest BCUT2D eigenvalue weighted by Gasteiger charge is -2.10. The van der Waals surface area contributed by atoms with Crippen LogP contribution in [0, 0.1) is 0 Å². The van der Waals surface area contributed by atoms with Gasteiger partial charge in [0.2, 0.25) is 0 Å². The molecule has 0 N–H and O–H groups in total. The molecule has 0 saturated carbocycles. The number of imidazole rings is 1. The van der Waals surface area contributed by atoms with E-state index in [0.717, 1.165) is 5.82 Å². The maximum Gasteiger partial charge on any atom is 0.255 e. The average Bonchev–Trinajstić information content (AvgIpc) is 2.48. The van der Waals surface area contributed by atoms with E-state index in [9.17, 15) is 5.11 Å². The Morgan fingerprint density at radius 2 is 2.00 bits per heavy atom. The number of hydrogen-bond acceptors (Lipinski definition) is 1. The quantitative estimate of drug-likeness (QED) is 0.657. The van der Waals surface area contributed by atoms with E-state index in [1.807, 2.05) is 0 Å². The molecule has 0 atom stereocenters. The van der Waals surface area contributed by atoms with Crippen molar-refractivity contribution < 1.29 is 9.67 Å². The monoisotopic (exact) mass is 196 g/mol. The highest BCUT2D eigenvalue weighted by Crippen LogP contribution is 2.09. The van der Waals surface area contributed by atoms with Gasteiger partial charge >= 0.3 is 0 Å². The highest BCUT2D eigenvalue weighted by molar-refractivity contribution is 4.86. The van der Waals surface area contributed by atoms with E-state index in [1.54, 1.807) is 0 Å². The van der Waals surface area contributed by atoms with E-state index < -0.39 is 0 Å². The van der Waals surface area contributed by atoms with Gasteiger partial charge in [0, 0.05) is 6.42 Å². The first-order valence-corrected chi connectivity index (χ1v) is 5.26. The minimum Gasteiger partial charge on any atom is -0.854 e. The third-order valence-corrected chi connectivity index (χ3v) is 2.42. The van der Waals surface area contributed by atoms with Crippen LogP contribution in [0.1, 0.15) is 45.6 Å². The summed E-state index contributed by atoms with van der Waals surface area (Å²) in [6.45, 7) is 8.51. The predicted octanol–water partition coefficient (Wildman–Crippen LogP) is 0.840. The Morgan fingerprint density at radius 3 is 2.43 bits per heavy atom.